The number of rotatable bonds is 3. The molecule has 0 heterocycles. The molecule has 0 bridgehead atoms. The number of hydrogen-bond donors (Lipinski definition) is 1. The first-order chi connectivity index (χ1) is 9.01. The highest BCUT2D eigenvalue weighted by Crippen LogP contribution is 2.45. The van der Waals surface area contributed by atoms with Crippen LogP contribution in [0.2, 0.25) is 0 Å². The second-order valence-electron chi connectivity index (χ2n) is 5.99. The van der Waals surface area contributed by atoms with Gasteiger partial charge in [0.1, 0.15) is 5.75 Å². The van der Waals surface area contributed by atoms with E-state index in [1.807, 2.05) is 0 Å². The summed E-state index contributed by atoms with van der Waals surface area (Å²) >= 11 is 0. The van der Waals surface area contributed by atoms with E-state index in [4.69, 9.17) is 4.74 Å². The summed E-state index contributed by atoms with van der Waals surface area (Å²) in [6.45, 7) is 6.37. The highest BCUT2D eigenvalue weighted by atomic mass is 16.5. The first-order valence-corrected chi connectivity index (χ1v) is 7.39. The van der Waals surface area contributed by atoms with Crippen LogP contribution < -0.4 is 4.74 Å². The fourth-order valence-corrected chi connectivity index (χ4v) is 3.38. The Morgan fingerprint density at radius 3 is 2.74 bits per heavy atom. The third-order valence-corrected chi connectivity index (χ3v) is 4.79. The van der Waals surface area contributed by atoms with E-state index in [9.17, 15) is 5.11 Å². The van der Waals surface area contributed by atoms with Crippen LogP contribution in [-0.2, 0) is 5.60 Å². The van der Waals surface area contributed by atoms with Crippen LogP contribution in [0.3, 0.4) is 0 Å². The smallest absolute Gasteiger partial charge is 0.128 e. The number of ether oxygens (including phenoxy) is 1. The monoisotopic (exact) mass is 262 g/mol. The largest absolute Gasteiger partial charge is 0.496 e. The molecule has 2 atom stereocenters. The molecule has 19 heavy (non-hydrogen) atoms. The van der Waals surface area contributed by atoms with Crippen molar-refractivity contribution in [2.75, 3.05) is 7.11 Å². The summed E-state index contributed by atoms with van der Waals surface area (Å²) in [4.78, 5) is 0. The Morgan fingerprint density at radius 1 is 1.37 bits per heavy atom. The Hall–Kier alpha value is -1.02. The van der Waals surface area contributed by atoms with Crippen molar-refractivity contribution >= 4 is 0 Å². The van der Waals surface area contributed by atoms with Crippen LogP contribution in [0.4, 0.5) is 0 Å². The van der Waals surface area contributed by atoms with Crippen molar-refractivity contribution in [3.05, 3.63) is 28.8 Å². The molecule has 2 rings (SSSR count). The zero-order chi connectivity index (χ0) is 14.0. The molecule has 1 aliphatic rings. The number of aryl methyl sites for hydroxylation is 1. The summed E-state index contributed by atoms with van der Waals surface area (Å²) in [5.74, 6) is 1.50. The zero-order valence-corrected chi connectivity index (χ0v) is 12.6. The van der Waals surface area contributed by atoms with Gasteiger partial charge in [0.2, 0.25) is 0 Å². The average molecular weight is 262 g/mol. The maximum atomic E-state index is 11.1. The van der Waals surface area contributed by atoms with E-state index in [1.54, 1.807) is 7.11 Å². The summed E-state index contributed by atoms with van der Waals surface area (Å²) in [5.41, 5.74) is 2.64. The highest BCUT2D eigenvalue weighted by Gasteiger charge is 2.37. The van der Waals surface area contributed by atoms with Gasteiger partial charge in [0.15, 0.2) is 0 Å². The van der Waals surface area contributed by atoms with Gasteiger partial charge in [0, 0.05) is 5.56 Å². The maximum absolute atomic E-state index is 11.1. The van der Waals surface area contributed by atoms with Crippen LogP contribution in [0.1, 0.15) is 55.7 Å². The van der Waals surface area contributed by atoms with E-state index in [-0.39, 0.29) is 0 Å². The molecule has 2 unspecified atom stereocenters. The number of aliphatic hydroxyl groups is 1. The van der Waals surface area contributed by atoms with Crippen LogP contribution in [0.5, 0.6) is 5.75 Å². The SMILES string of the molecule is CCC1CCCC(O)(c2ccc(C)c(C)c2OC)C1. The standard InChI is InChI=1S/C17H26O2/c1-5-14-7-6-10-17(18,11-14)15-9-8-12(2)13(3)16(15)19-4/h8-9,14,18H,5-7,10-11H2,1-4H3. The molecule has 0 aromatic heterocycles. The number of benzene rings is 1. The van der Waals surface area contributed by atoms with Crippen molar-refractivity contribution in [2.45, 2.75) is 58.5 Å². The van der Waals surface area contributed by atoms with E-state index in [2.05, 4.69) is 32.9 Å². The Balaban J connectivity index is 2.42. The van der Waals surface area contributed by atoms with Gasteiger partial charge in [0.05, 0.1) is 12.7 Å². The van der Waals surface area contributed by atoms with Crippen LogP contribution in [0, 0.1) is 19.8 Å². The summed E-state index contributed by atoms with van der Waals surface area (Å²) in [6, 6.07) is 4.15. The van der Waals surface area contributed by atoms with E-state index in [0.717, 1.165) is 42.6 Å². The fourth-order valence-electron chi connectivity index (χ4n) is 3.38. The van der Waals surface area contributed by atoms with Crippen molar-refractivity contribution in [3.63, 3.8) is 0 Å². The lowest BCUT2D eigenvalue weighted by molar-refractivity contribution is -0.0234. The Bertz CT molecular complexity index is 453. The molecule has 1 fully saturated rings. The lowest BCUT2D eigenvalue weighted by Gasteiger charge is -2.38. The number of hydrogen-bond acceptors (Lipinski definition) is 2. The predicted molar refractivity (Wildman–Crippen MR) is 78.6 cm³/mol. The number of methoxy groups -OCH3 is 1. The fraction of sp³-hybridized carbons (Fsp3) is 0.647. The first-order valence-electron chi connectivity index (χ1n) is 7.39. The molecule has 2 heteroatoms. The third kappa shape index (κ3) is 2.64. The van der Waals surface area contributed by atoms with Gasteiger partial charge in [-0.2, -0.15) is 0 Å². The van der Waals surface area contributed by atoms with Gasteiger partial charge in [0.25, 0.3) is 0 Å². The second-order valence-corrected chi connectivity index (χ2v) is 5.99. The molecule has 0 aliphatic heterocycles. The summed E-state index contributed by atoms with van der Waals surface area (Å²) < 4.78 is 5.58. The summed E-state index contributed by atoms with van der Waals surface area (Å²) in [5, 5.41) is 11.1. The quantitative estimate of drug-likeness (QED) is 0.888. The Labute approximate surface area is 116 Å². The van der Waals surface area contributed by atoms with Crippen molar-refractivity contribution in [3.8, 4) is 5.75 Å². The van der Waals surface area contributed by atoms with Gasteiger partial charge < -0.3 is 9.84 Å². The molecule has 1 aromatic carbocycles. The minimum Gasteiger partial charge on any atom is -0.496 e. The van der Waals surface area contributed by atoms with Crippen molar-refractivity contribution in [1.29, 1.82) is 0 Å². The molecule has 1 N–H and O–H groups in total. The van der Waals surface area contributed by atoms with Crippen molar-refractivity contribution < 1.29 is 9.84 Å². The zero-order valence-electron chi connectivity index (χ0n) is 12.6. The van der Waals surface area contributed by atoms with Gasteiger partial charge in [-0.25, -0.2) is 0 Å². The van der Waals surface area contributed by atoms with Gasteiger partial charge in [-0.15, -0.1) is 0 Å². The Kier molecular flexibility index (Phi) is 4.19. The molecule has 0 saturated heterocycles. The van der Waals surface area contributed by atoms with Crippen LogP contribution >= 0.6 is 0 Å². The molecule has 106 valence electrons. The third-order valence-electron chi connectivity index (χ3n) is 4.79. The molecule has 1 saturated carbocycles. The van der Waals surface area contributed by atoms with Crippen molar-refractivity contribution in [2.24, 2.45) is 5.92 Å². The molecule has 1 aliphatic carbocycles. The van der Waals surface area contributed by atoms with Crippen LogP contribution in [0.25, 0.3) is 0 Å². The highest BCUT2D eigenvalue weighted by molar-refractivity contribution is 5.48. The molecule has 1 aromatic rings. The molecule has 2 nitrogen and oxygen atoms in total. The van der Waals surface area contributed by atoms with Crippen molar-refractivity contribution in [1.82, 2.24) is 0 Å². The van der Waals surface area contributed by atoms with Gasteiger partial charge in [-0.1, -0.05) is 31.9 Å². The minimum atomic E-state index is -0.706. The average Bonchev–Trinajstić information content (AvgIpc) is 2.41. The predicted octanol–water partition coefficient (Wildman–Crippen LogP) is 4.10. The lowest BCUT2D eigenvalue weighted by atomic mass is 9.73. The van der Waals surface area contributed by atoms with Crippen LogP contribution in [0.15, 0.2) is 12.1 Å². The summed E-state index contributed by atoms with van der Waals surface area (Å²) in [7, 11) is 1.70. The second kappa shape index (κ2) is 5.54. The van der Waals surface area contributed by atoms with E-state index in [0.29, 0.717) is 5.92 Å². The Morgan fingerprint density at radius 2 is 2.11 bits per heavy atom. The molecule has 0 amide bonds. The summed E-state index contributed by atoms with van der Waals surface area (Å²) in [6.07, 6.45) is 5.21. The van der Waals surface area contributed by atoms with Gasteiger partial charge in [-0.3, -0.25) is 0 Å². The normalized spacial score (nSPS) is 27.3. The van der Waals surface area contributed by atoms with E-state index in [1.165, 1.54) is 12.0 Å². The van der Waals surface area contributed by atoms with Crippen LogP contribution in [-0.4, -0.2) is 12.2 Å². The van der Waals surface area contributed by atoms with E-state index < -0.39 is 5.60 Å². The minimum absolute atomic E-state index is 0.630. The lowest BCUT2D eigenvalue weighted by Crippen LogP contribution is -2.33. The molecule has 0 spiro atoms. The first kappa shape index (κ1) is 14.4. The molecule has 0 radical (unpaired) electrons. The maximum Gasteiger partial charge on any atom is 0.128 e. The van der Waals surface area contributed by atoms with Gasteiger partial charge >= 0.3 is 0 Å². The van der Waals surface area contributed by atoms with E-state index >= 15 is 0 Å². The molecular weight excluding hydrogens is 236 g/mol. The molecular formula is C17H26O2. The van der Waals surface area contributed by atoms with Gasteiger partial charge in [-0.05, 0) is 50.2 Å². The topological polar surface area (TPSA) is 29.5 Å².